The minimum atomic E-state index is -4.64. The third-order valence-corrected chi connectivity index (χ3v) is 5.85. The van der Waals surface area contributed by atoms with E-state index < -0.39 is 27.6 Å². The molecule has 2 amide bonds. The Morgan fingerprint density at radius 2 is 1.92 bits per heavy atom. The van der Waals surface area contributed by atoms with Gasteiger partial charge in [-0.15, -0.1) is 21.1 Å². The number of hydrogen-bond acceptors (Lipinski definition) is 9. The number of amides is 2. The minimum Gasteiger partial charge on any atom is -0.387 e. The van der Waals surface area contributed by atoms with Crippen LogP contribution in [0, 0.1) is 0 Å². The summed E-state index contributed by atoms with van der Waals surface area (Å²) >= 11 is 2.14. The first-order chi connectivity index (χ1) is 17.1. The molecule has 186 valence electrons. The smallest absolute Gasteiger partial charge is 0.387 e. The Balaban J connectivity index is 1.82. The molecule has 0 aliphatic heterocycles. The number of pyridine rings is 2. The molecule has 0 aromatic carbocycles. The Morgan fingerprint density at radius 1 is 1.17 bits per heavy atom. The fraction of sp³-hybridized carbons (Fsp3) is 0.150. The van der Waals surface area contributed by atoms with E-state index in [1.807, 2.05) is 0 Å². The van der Waals surface area contributed by atoms with Crippen LogP contribution < -0.4 is 16.4 Å². The highest BCUT2D eigenvalue weighted by molar-refractivity contribution is 14.1. The van der Waals surface area contributed by atoms with Crippen LogP contribution in [0.3, 0.4) is 0 Å². The van der Waals surface area contributed by atoms with Crippen LogP contribution in [-0.4, -0.2) is 41.2 Å². The highest BCUT2D eigenvalue weighted by Gasteiger charge is 2.34. The Hall–Kier alpha value is -3.67. The van der Waals surface area contributed by atoms with Crippen molar-refractivity contribution in [2.24, 2.45) is 0 Å². The molecule has 0 aliphatic rings. The number of hydrogen-bond donors (Lipinski definition) is 2. The topological polar surface area (TPSA) is 145 Å². The Kier molecular flexibility index (Phi) is 7.16. The van der Waals surface area contributed by atoms with Crippen molar-refractivity contribution in [3.05, 3.63) is 52.3 Å². The summed E-state index contributed by atoms with van der Waals surface area (Å²) in [6.45, 7) is 2.07. The number of carbonyl (C=O) groups is 2. The second-order valence-corrected chi connectivity index (χ2v) is 8.72. The maximum Gasteiger partial charge on any atom is 0.445 e. The maximum atomic E-state index is 13.2. The van der Waals surface area contributed by atoms with E-state index in [0.717, 1.165) is 16.7 Å². The van der Waals surface area contributed by atoms with Crippen LogP contribution in [0.15, 0.2) is 45.3 Å². The van der Waals surface area contributed by atoms with Crippen LogP contribution in [0.1, 0.15) is 12.6 Å². The van der Waals surface area contributed by atoms with E-state index in [1.165, 1.54) is 53.3 Å². The van der Waals surface area contributed by atoms with Crippen LogP contribution in [0.2, 0.25) is 0 Å². The second-order valence-electron chi connectivity index (χ2n) is 6.94. The number of alkyl halides is 3. The quantitative estimate of drug-likeness (QED) is 0.239. The Bertz CT molecular complexity index is 1520. The van der Waals surface area contributed by atoms with E-state index in [9.17, 15) is 27.6 Å². The number of urea groups is 1. The number of carbonyl (C=O) groups excluding carboxylic acids is 2. The third-order valence-electron chi connectivity index (χ3n) is 4.52. The van der Waals surface area contributed by atoms with Gasteiger partial charge in [0.2, 0.25) is 0 Å². The van der Waals surface area contributed by atoms with Crippen molar-refractivity contribution in [1.29, 1.82) is 0 Å². The zero-order chi connectivity index (χ0) is 26.0. The highest BCUT2D eigenvalue weighted by atomic mass is 127. The van der Waals surface area contributed by atoms with Gasteiger partial charge in [-0.25, -0.2) is 19.6 Å². The molecule has 4 rings (SSSR count). The lowest BCUT2D eigenvalue weighted by Gasteiger charge is -2.11. The molecule has 0 spiro atoms. The van der Waals surface area contributed by atoms with Crippen molar-refractivity contribution in [3.8, 4) is 33.2 Å². The Morgan fingerprint density at radius 3 is 2.56 bits per heavy atom. The summed E-state index contributed by atoms with van der Waals surface area (Å²) in [5.74, 6) is -1.09. The van der Waals surface area contributed by atoms with Crippen LogP contribution in [0.4, 0.5) is 28.6 Å². The molecule has 0 atom stereocenters. The molecule has 4 heterocycles. The van der Waals surface area contributed by atoms with Gasteiger partial charge in [0.1, 0.15) is 10.8 Å². The molecule has 2 N–H and O–H groups in total. The number of aromatic nitrogens is 5. The fourth-order valence-electron chi connectivity index (χ4n) is 2.99. The standard InChI is InChI=1S/C20H13F3IN7O4S/c1-2-26-18(33)29-14-4-11(16-28-13(8-36-16)20(21,22)23)12(7-27-14)9-3-10(6-25-5-9)15-30-31(17(24)32)19(34)35-15/h3-8H,2H2,1H3,(H2,26,27,29,33). The number of halogens is 4. The van der Waals surface area contributed by atoms with Crippen molar-refractivity contribution >= 4 is 49.7 Å². The van der Waals surface area contributed by atoms with Crippen molar-refractivity contribution in [1.82, 2.24) is 30.0 Å². The molecular weight excluding hydrogens is 618 g/mol. The van der Waals surface area contributed by atoms with Gasteiger partial charge in [0, 0.05) is 69.8 Å². The largest absolute Gasteiger partial charge is 0.445 e. The van der Waals surface area contributed by atoms with E-state index >= 15 is 0 Å². The normalized spacial score (nSPS) is 11.4. The lowest BCUT2D eigenvalue weighted by molar-refractivity contribution is -0.140. The summed E-state index contributed by atoms with van der Waals surface area (Å²) < 4.78 is 44.5. The molecule has 16 heteroatoms. The van der Waals surface area contributed by atoms with Gasteiger partial charge in [0.25, 0.3) is 5.89 Å². The first kappa shape index (κ1) is 25.4. The zero-order valence-electron chi connectivity index (χ0n) is 18.0. The predicted octanol–water partition coefficient (Wildman–Crippen LogP) is 4.65. The molecule has 4 aromatic rings. The second kappa shape index (κ2) is 10.1. The lowest BCUT2D eigenvalue weighted by atomic mass is 10.0. The molecule has 11 nitrogen and oxygen atoms in total. The van der Waals surface area contributed by atoms with E-state index in [1.54, 1.807) is 6.92 Å². The molecule has 0 fully saturated rings. The first-order valence-corrected chi connectivity index (χ1v) is 11.9. The SMILES string of the molecule is CCNC(=O)Nc1cc(-c2nc(C(F)(F)F)cs2)c(-c2cncc(-c3nn(C(=O)I)c(=O)o3)c2)cn1. The highest BCUT2D eigenvalue weighted by Crippen LogP contribution is 2.38. The molecule has 4 aromatic heterocycles. The predicted molar refractivity (Wildman–Crippen MR) is 131 cm³/mol. The summed E-state index contributed by atoms with van der Waals surface area (Å²) in [5, 5.41) is 9.77. The number of anilines is 1. The van der Waals surface area contributed by atoms with Gasteiger partial charge < -0.3 is 9.73 Å². The molecule has 0 bridgehead atoms. The van der Waals surface area contributed by atoms with Crippen molar-refractivity contribution in [2.75, 3.05) is 11.9 Å². The maximum absolute atomic E-state index is 13.2. The summed E-state index contributed by atoms with van der Waals surface area (Å²) in [4.78, 5) is 47.3. The summed E-state index contributed by atoms with van der Waals surface area (Å²) in [5.41, 5.74) is 0.116. The van der Waals surface area contributed by atoms with Crippen LogP contribution in [0.5, 0.6) is 0 Å². The summed E-state index contributed by atoms with van der Waals surface area (Å²) in [6.07, 6.45) is -0.550. The average Bonchev–Trinajstić information content (AvgIpc) is 3.47. The number of nitrogens with zero attached hydrogens (tertiary/aromatic N) is 5. The Labute approximate surface area is 216 Å². The third kappa shape index (κ3) is 5.43. The molecule has 0 radical (unpaired) electrons. The molecule has 0 saturated heterocycles. The molecule has 0 saturated carbocycles. The molecule has 36 heavy (non-hydrogen) atoms. The van der Waals surface area contributed by atoms with Gasteiger partial charge in [-0.2, -0.15) is 13.2 Å². The fourth-order valence-corrected chi connectivity index (χ4v) is 4.15. The lowest BCUT2D eigenvalue weighted by Crippen LogP contribution is -2.28. The van der Waals surface area contributed by atoms with Crippen molar-refractivity contribution in [2.45, 2.75) is 13.1 Å². The number of thiazole rings is 1. The monoisotopic (exact) mass is 631 g/mol. The van der Waals surface area contributed by atoms with Crippen LogP contribution in [0.25, 0.3) is 33.2 Å². The van der Waals surface area contributed by atoms with Crippen molar-refractivity contribution in [3.63, 3.8) is 0 Å². The van der Waals surface area contributed by atoms with E-state index in [-0.39, 0.29) is 27.8 Å². The number of rotatable bonds is 5. The summed E-state index contributed by atoms with van der Waals surface area (Å²) in [6, 6.07) is 2.36. The van der Waals surface area contributed by atoms with Gasteiger partial charge in [0.15, 0.2) is 5.69 Å². The molecule has 0 aliphatic carbocycles. The van der Waals surface area contributed by atoms with Crippen LogP contribution >= 0.6 is 33.9 Å². The average molecular weight is 631 g/mol. The van der Waals surface area contributed by atoms with Gasteiger partial charge in [-0.05, 0) is 19.1 Å². The first-order valence-electron chi connectivity index (χ1n) is 9.90. The van der Waals surface area contributed by atoms with E-state index in [0.29, 0.717) is 22.4 Å². The summed E-state index contributed by atoms with van der Waals surface area (Å²) in [7, 11) is 0. The van der Waals surface area contributed by atoms with E-state index in [4.69, 9.17) is 4.42 Å². The van der Waals surface area contributed by atoms with E-state index in [2.05, 4.69) is 30.7 Å². The van der Waals surface area contributed by atoms with Gasteiger partial charge >= 0.3 is 21.9 Å². The molecule has 0 unspecified atom stereocenters. The molecular formula is C20H13F3IN7O4S. The van der Waals surface area contributed by atoms with Gasteiger partial charge in [-0.1, -0.05) is 0 Å². The number of nitrogens with one attached hydrogen (secondary N) is 2. The van der Waals surface area contributed by atoms with Gasteiger partial charge in [-0.3, -0.25) is 15.1 Å². The zero-order valence-corrected chi connectivity index (χ0v) is 20.9. The minimum absolute atomic E-state index is 0.0235. The van der Waals surface area contributed by atoms with Gasteiger partial charge in [0.05, 0.1) is 5.56 Å². The van der Waals surface area contributed by atoms with Crippen LogP contribution in [-0.2, 0) is 6.18 Å². The van der Waals surface area contributed by atoms with Crippen molar-refractivity contribution < 1.29 is 27.2 Å².